The zero-order valence-corrected chi connectivity index (χ0v) is 18.7. The standard InChI is InChI=1S/C25H27NO5/c1-26(2)15-20(16-13-22(29-4)25(31-6)23(14-16)30-5)24(27)19-11-12-21(28-3)18-10-8-7-9-17(18)19/h7-15H,1-6H3/b20-15+. The van der Waals surface area contributed by atoms with Crippen molar-refractivity contribution in [2.24, 2.45) is 0 Å². The van der Waals surface area contributed by atoms with Gasteiger partial charge in [-0.2, -0.15) is 0 Å². The normalized spacial score (nSPS) is 11.2. The van der Waals surface area contributed by atoms with Crippen LogP contribution in [0.25, 0.3) is 16.3 Å². The molecule has 0 atom stereocenters. The van der Waals surface area contributed by atoms with Gasteiger partial charge < -0.3 is 23.8 Å². The van der Waals surface area contributed by atoms with E-state index in [-0.39, 0.29) is 5.78 Å². The van der Waals surface area contributed by atoms with E-state index < -0.39 is 0 Å². The number of fused-ring (bicyclic) bond motifs is 1. The van der Waals surface area contributed by atoms with Crippen LogP contribution in [0.15, 0.2) is 54.7 Å². The molecule has 3 rings (SSSR count). The first kappa shape index (κ1) is 22.0. The van der Waals surface area contributed by atoms with Crippen molar-refractivity contribution in [2.45, 2.75) is 0 Å². The first-order chi connectivity index (χ1) is 14.9. The molecule has 3 aromatic carbocycles. The Hall–Kier alpha value is -3.67. The summed E-state index contributed by atoms with van der Waals surface area (Å²) >= 11 is 0. The van der Waals surface area contributed by atoms with Crippen LogP contribution < -0.4 is 18.9 Å². The number of ether oxygens (including phenoxy) is 4. The molecule has 0 spiro atoms. The summed E-state index contributed by atoms with van der Waals surface area (Å²) in [6.45, 7) is 0. The van der Waals surface area contributed by atoms with Crippen molar-refractivity contribution in [1.29, 1.82) is 0 Å². The Labute approximate surface area is 182 Å². The van der Waals surface area contributed by atoms with Crippen molar-refractivity contribution in [2.75, 3.05) is 42.5 Å². The second-order valence-corrected chi connectivity index (χ2v) is 7.11. The summed E-state index contributed by atoms with van der Waals surface area (Å²) in [5, 5.41) is 1.70. The van der Waals surface area contributed by atoms with E-state index in [1.165, 1.54) is 0 Å². The molecule has 0 aromatic heterocycles. The molecule has 6 nitrogen and oxygen atoms in total. The van der Waals surface area contributed by atoms with E-state index >= 15 is 0 Å². The van der Waals surface area contributed by atoms with E-state index in [2.05, 4.69) is 0 Å². The van der Waals surface area contributed by atoms with Gasteiger partial charge in [-0.15, -0.1) is 0 Å². The van der Waals surface area contributed by atoms with Crippen LogP contribution in [0.5, 0.6) is 23.0 Å². The number of hydrogen-bond donors (Lipinski definition) is 0. The second kappa shape index (κ2) is 9.43. The maximum absolute atomic E-state index is 13.8. The molecular formula is C25H27NO5. The summed E-state index contributed by atoms with van der Waals surface area (Å²) < 4.78 is 21.9. The van der Waals surface area contributed by atoms with Gasteiger partial charge in [-0.25, -0.2) is 0 Å². The summed E-state index contributed by atoms with van der Waals surface area (Å²) in [7, 11) is 10.0. The number of allylic oxidation sites excluding steroid dienone is 1. The molecule has 0 saturated carbocycles. The zero-order valence-electron chi connectivity index (χ0n) is 18.7. The van der Waals surface area contributed by atoms with E-state index in [1.54, 1.807) is 52.8 Å². The van der Waals surface area contributed by atoms with Gasteiger partial charge in [0.25, 0.3) is 0 Å². The zero-order chi connectivity index (χ0) is 22.5. The summed E-state index contributed by atoms with van der Waals surface area (Å²) in [5.74, 6) is 2.03. The molecule has 0 heterocycles. The highest BCUT2D eigenvalue weighted by Gasteiger charge is 2.22. The fourth-order valence-electron chi connectivity index (χ4n) is 3.55. The lowest BCUT2D eigenvalue weighted by atomic mass is 9.93. The number of hydrogen-bond acceptors (Lipinski definition) is 6. The Morgan fingerprint density at radius 3 is 1.87 bits per heavy atom. The van der Waals surface area contributed by atoms with Gasteiger partial charge in [-0.3, -0.25) is 4.79 Å². The molecule has 0 N–H and O–H groups in total. The molecular weight excluding hydrogens is 394 g/mol. The van der Waals surface area contributed by atoms with Gasteiger partial charge in [0.05, 0.1) is 28.4 Å². The van der Waals surface area contributed by atoms with Gasteiger partial charge in [-0.1, -0.05) is 24.3 Å². The lowest BCUT2D eigenvalue weighted by Crippen LogP contribution is -2.10. The minimum Gasteiger partial charge on any atom is -0.496 e. The Kier molecular flexibility index (Phi) is 6.70. The van der Waals surface area contributed by atoms with Crippen LogP contribution in [-0.4, -0.2) is 53.2 Å². The number of benzene rings is 3. The molecule has 0 amide bonds. The molecule has 6 heteroatoms. The van der Waals surface area contributed by atoms with Crippen molar-refractivity contribution in [3.8, 4) is 23.0 Å². The molecule has 3 aromatic rings. The fourth-order valence-corrected chi connectivity index (χ4v) is 3.55. The number of rotatable bonds is 8. The highest BCUT2D eigenvalue weighted by atomic mass is 16.5. The molecule has 31 heavy (non-hydrogen) atoms. The van der Waals surface area contributed by atoms with Crippen molar-refractivity contribution in [1.82, 2.24) is 4.90 Å². The van der Waals surface area contributed by atoms with E-state index in [4.69, 9.17) is 18.9 Å². The quantitative estimate of drug-likeness (QED) is 0.390. The highest BCUT2D eigenvalue weighted by molar-refractivity contribution is 6.32. The number of carbonyl (C=O) groups is 1. The highest BCUT2D eigenvalue weighted by Crippen LogP contribution is 2.41. The SMILES string of the molecule is COc1cc(/C(=C\N(C)C)C(=O)c2ccc(OC)c3ccccc23)cc(OC)c1OC. The van der Waals surface area contributed by atoms with Gasteiger partial charge in [0.15, 0.2) is 17.3 Å². The number of carbonyl (C=O) groups excluding carboxylic acids is 1. The average molecular weight is 421 g/mol. The molecule has 0 bridgehead atoms. The van der Waals surface area contributed by atoms with Crippen LogP contribution in [0, 0.1) is 0 Å². The van der Waals surface area contributed by atoms with Gasteiger partial charge in [0.1, 0.15) is 5.75 Å². The third-order valence-corrected chi connectivity index (χ3v) is 4.96. The number of Topliss-reactive ketones (excluding diaryl/α,β-unsaturated/α-hetero) is 1. The summed E-state index contributed by atoms with van der Waals surface area (Å²) in [6.07, 6.45) is 1.79. The van der Waals surface area contributed by atoms with E-state index in [1.807, 2.05) is 49.3 Å². The first-order valence-electron chi connectivity index (χ1n) is 9.74. The number of methoxy groups -OCH3 is 4. The van der Waals surface area contributed by atoms with Gasteiger partial charge in [0, 0.05) is 36.8 Å². The Bertz CT molecular complexity index is 1110. The largest absolute Gasteiger partial charge is 0.496 e. The monoisotopic (exact) mass is 421 g/mol. The maximum Gasteiger partial charge on any atom is 0.203 e. The van der Waals surface area contributed by atoms with Crippen molar-refractivity contribution < 1.29 is 23.7 Å². The third-order valence-electron chi connectivity index (χ3n) is 4.96. The molecule has 0 fully saturated rings. The number of ketones is 1. The molecule has 0 saturated heterocycles. The maximum atomic E-state index is 13.8. The topological polar surface area (TPSA) is 57.2 Å². The van der Waals surface area contributed by atoms with Crippen molar-refractivity contribution in [3.63, 3.8) is 0 Å². The van der Waals surface area contributed by atoms with Crippen LogP contribution in [0.2, 0.25) is 0 Å². The van der Waals surface area contributed by atoms with Crippen LogP contribution in [0.1, 0.15) is 15.9 Å². The second-order valence-electron chi connectivity index (χ2n) is 7.11. The molecule has 0 aliphatic heterocycles. The van der Waals surface area contributed by atoms with Gasteiger partial charge in [-0.05, 0) is 35.2 Å². The van der Waals surface area contributed by atoms with Gasteiger partial charge >= 0.3 is 0 Å². The summed E-state index contributed by atoms with van der Waals surface area (Å²) in [6, 6.07) is 14.9. The molecule has 0 aliphatic carbocycles. The minimum absolute atomic E-state index is 0.123. The van der Waals surface area contributed by atoms with Crippen LogP contribution in [0.4, 0.5) is 0 Å². The van der Waals surface area contributed by atoms with Crippen molar-refractivity contribution >= 4 is 22.1 Å². The lowest BCUT2D eigenvalue weighted by molar-refractivity contribution is 0.105. The van der Waals surface area contributed by atoms with E-state index in [9.17, 15) is 4.79 Å². The summed E-state index contributed by atoms with van der Waals surface area (Å²) in [5.41, 5.74) is 1.74. The van der Waals surface area contributed by atoms with Crippen LogP contribution in [0.3, 0.4) is 0 Å². The molecule has 162 valence electrons. The first-order valence-corrected chi connectivity index (χ1v) is 9.74. The molecule has 0 aliphatic rings. The van der Waals surface area contributed by atoms with Crippen LogP contribution >= 0.6 is 0 Å². The molecule has 0 radical (unpaired) electrons. The lowest BCUT2D eigenvalue weighted by Gasteiger charge is -2.17. The summed E-state index contributed by atoms with van der Waals surface area (Å²) in [4.78, 5) is 15.6. The van der Waals surface area contributed by atoms with Crippen LogP contribution in [-0.2, 0) is 0 Å². The minimum atomic E-state index is -0.123. The van der Waals surface area contributed by atoms with Crippen molar-refractivity contribution in [3.05, 3.63) is 65.9 Å². The smallest absolute Gasteiger partial charge is 0.203 e. The Morgan fingerprint density at radius 1 is 0.774 bits per heavy atom. The average Bonchev–Trinajstić information content (AvgIpc) is 2.80. The molecule has 0 unspecified atom stereocenters. The van der Waals surface area contributed by atoms with E-state index in [0.717, 1.165) is 16.5 Å². The number of nitrogens with zero attached hydrogens (tertiary/aromatic N) is 1. The Morgan fingerprint density at radius 2 is 1.35 bits per heavy atom. The predicted molar refractivity (Wildman–Crippen MR) is 123 cm³/mol. The van der Waals surface area contributed by atoms with Gasteiger partial charge in [0.2, 0.25) is 5.75 Å². The Balaban J connectivity index is 2.23. The fraction of sp³-hybridized carbons (Fsp3) is 0.240. The predicted octanol–water partition coefficient (Wildman–Crippen LogP) is 4.66. The van der Waals surface area contributed by atoms with E-state index in [0.29, 0.717) is 33.9 Å². The third kappa shape index (κ3) is 4.28.